The Morgan fingerprint density at radius 3 is 2.87 bits per heavy atom. The fourth-order valence-corrected chi connectivity index (χ4v) is 5.69. The van der Waals surface area contributed by atoms with Crippen LogP contribution in [0.25, 0.3) is 0 Å². The van der Waals surface area contributed by atoms with Gasteiger partial charge in [0.25, 0.3) is 5.91 Å². The van der Waals surface area contributed by atoms with Crippen molar-refractivity contribution in [1.82, 2.24) is 9.78 Å². The topological polar surface area (TPSA) is 116 Å². The normalized spacial score (nSPS) is 13.3. The molecule has 3 aromatic rings. The van der Waals surface area contributed by atoms with Gasteiger partial charge in [-0.2, -0.15) is 4.68 Å². The summed E-state index contributed by atoms with van der Waals surface area (Å²) < 4.78 is 6.43. The summed E-state index contributed by atoms with van der Waals surface area (Å²) in [7, 11) is 1.35. The van der Waals surface area contributed by atoms with E-state index in [1.165, 1.54) is 46.7 Å². The van der Waals surface area contributed by atoms with Crippen molar-refractivity contribution >= 4 is 45.4 Å². The number of amides is 1. The van der Waals surface area contributed by atoms with E-state index in [4.69, 9.17) is 4.74 Å². The molecule has 1 aliphatic rings. The lowest BCUT2D eigenvalue weighted by atomic mass is 10.1. The van der Waals surface area contributed by atoms with E-state index in [2.05, 4.69) is 10.4 Å². The molecule has 4 rings (SSSR count). The van der Waals surface area contributed by atoms with E-state index in [-0.39, 0.29) is 11.7 Å². The molecule has 0 spiro atoms. The summed E-state index contributed by atoms with van der Waals surface area (Å²) in [4.78, 5) is 37.1. The first kappa shape index (κ1) is 21.2. The Balaban J connectivity index is 1.52. The molecule has 0 radical (unpaired) electrons. The summed E-state index contributed by atoms with van der Waals surface area (Å²) in [5.41, 5.74) is 2.28. The molecule has 1 amide bonds. The summed E-state index contributed by atoms with van der Waals surface area (Å²) in [5.74, 6) is -0.952. The van der Waals surface area contributed by atoms with Crippen LogP contribution in [0.1, 0.15) is 55.3 Å². The molecular weight excluding hydrogens is 440 g/mol. The van der Waals surface area contributed by atoms with Gasteiger partial charge in [-0.3, -0.25) is 4.79 Å². The molecule has 9 nitrogen and oxygen atoms in total. The number of carbonyl (C=O) groups excluding carboxylic acids is 2. The van der Waals surface area contributed by atoms with Gasteiger partial charge in [-0.05, 0) is 53.2 Å². The standard InChI is InChI=1S/C20H20N4O5S2/c1-29-20(26)17-13-5-3-2-4-6-14(13)31-19(17)21-18(25)15-9-12(11-30-15)10-23-8-7-16(22-23)24(27)28/h7-9,11H,2-6,10H2,1H3,(H,21,25). The molecule has 31 heavy (non-hydrogen) atoms. The van der Waals surface area contributed by atoms with Crippen LogP contribution in [-0.2, 0) is 24.1 Å². The number of aromatic nitrogens is 2. The highest BCUT2D eigenvalue weighted by Crippen LogP contribution is 2.38. The van der Waals surface area contributed by atoms with E-state index in [1.54, 1.807) is 6.07 Å². The minimum absolute atomic E-state index is 0.221. The molecule has 3 aromatic heterocycles. The van der Waals surface area contributed by atoms with E-state index in [9.17, 15) is 19.7 Å². The van der Waals surface area contributed by atoms with Crippen molar-refractivity contribution in [2.24, 2.45) is 0 Å². The molecular formula is C20H20N4O5S2. The molecule has 0 bridgehead atoms. The molecule has 0 unspecified atom stereocenters. The lowest BCUT2D eigenvalue weighted by Crippen LogP contribution is -2.13. The quantitative estimate of drug-likeness (QED) is 0.254. The van der Waals surface area contributed by atoms with Crippen molar-refractivity contribution in [2.45, 2.75) is 38.6 Å². The van der Waals surface area contributed by atoms with Crippen molar-refractivity contribution in [1.29, 1.82) is 0 Å². The highest BCUT2D eigenvalue weighted by molar-refractivity contribution is 7.17. The van der Waals surface area contributed by atoms with E-state index >= 15 is 0 Å². The van der Waals surface area contributed by atoms with Gasteiger partial charge in [0.2, 0.25) is 0 Å². The molecule has 0 saturated carbocycles. The molecule has 0 atom stereocenters. The Labute approximate surface area is 185 Å². The molecule has 1 aliphatic carbocycles. The molecule has 0 saturated heterocycles. The lowest BCUT2D eigenvalue weighted by Gasteiger charge is -2.06. The predicted molar refractivity (Wildman–Crippen MR) is 117 cm³/mol. The van der Waals surface area contributed by atoms with Crippen LogP contribution >= 0.6 is 22.7 Å². The number of nitrogens with one attached hydrogen (secondary N) is 1. The number of carbonyl (C=O) groups is 2. The number of nitrogens with zero attached hydrogens (tertiary/aromatic N) is 3. The first-order valence-electron chi connectivity index (χ1n) is 9.75. The van der Waals surface area contributed by atoms with Gasteiger partial charge >= 0.3 is 11.8 Å². The van der Waals surface area contributed by atoms with Crippen LogP contribution in [0.5, 0.6) is 0 Å². The fourth-order valence-electron chi connectivity index (χ4n) is 3.61. The Morgan fingerprint density at radius 2 is 2.13 bits per heavy atom. The van der Waals surface area contributed by atoms with Crippen molar-refractivity contribution < 1.29 is 19.2 Å². The Bertz CT molecular complexity index is 1150. The second-order valence-corrected chi connectivity index (χ2v) is 9.18. The van der Waals surface area contributed by atoms with Gasteiger partial charge in [0.1, 0.15) is 5.00 Å². The van der Waals surface area contributed by atoms with Crippen molar-refractivity contribution in [3.8, 4) is 0 Å². The Hall–Kier alpha value is -3.05. The first-order valence-corrected chi connectivity index (χ1v) is 11.5. The van der Waals surface area contributed by atoms with Crippen LogP contribution in [0, 0.1) is 10.1 Å². The number of methoxy groups -OCH3 is 1. The maximum atomic E-state index is 12.9. The largest absolute Gasteiger partial charge is 0.465 e. The monoisotopic (exact) mass is 460 g/mol. The average Bonchev–Trinajstić information content (AvgIpc) is 3.44. The van der Waals surface area contributed by atoms with Crippen LogP contribution in [-0.4, -0.2) is 33.7 Å². The Morgan fingerprint density at radius 1 is 1.32 bits per heavy atom. The molecule has 0 fully saturated rings. The number of anilines is 1. The highest BCUT2D eigenvalue weighted by Gasteiger charge is 2.26. The molecule has 162 valence electrons. The van der Waals surface area contributed by atoms with Crippen LogP contribution in [0.4, 0.5) is 10.8 Å². The molecule has 0 aliphatic heterocycles. The van der Waals surface area contributed by atoms with E-state index < -0.39 is 10.9 Å². The molecule has 3 heterocycles. The number of hydrogen-bond donors (Lipinski definition) is 1. The van der Waals surface area contributed by atoms with Gasteiger partial charge in [0, 0.05) is 4.88 Å². The van der Waals surface area contributed by atoms with Crippen LogP contribution in [0.2, 0.25) is 0 Å². The predicted octanol–water partition coefficient (Wildman–Crippen LogP) is 4.27. The van der Waals surface area contributed by atoms with E-state index in [0.717, 1.165) is 48.1 Å². The number of aryl methyl sites for hydroxylation is 1. The highest BCUT2D eigenvalue weighted by atomic mass is 32.1. The van der Waals surface area contributed by atoms with Gasteiger partial charge in [0.05, 0.1) is 41.5 Å². The van der Waals surface area contributed by atoms with Crippen molar-refractivity contribution in [3.05, 3.63) is 60.3 Å². The first-order chi connectivity index (χ1) is 15.0. The maximum Gasteiger partial charge on any atom is 0.389 e. The number of nitro groups is 1. The number of esters is 1. The van der Waals surface area contributed by atoms with Gasteiger partial charge in [-0.15, -0.1) is 22.7 Å². The number of ether oxygens (including phenoxy) is 1. The van der Waals surface area contributed by atoms with Crippen LogP contribution in [0.3, 0.4) is 0 Å². The molecule has 11 heteroatoms. The zero-order valence-corrected chi connectivity index (χ0v) is 18.4. The minimum atomic E-state index is -0.551. The number of fused-ring (bicyclic) bond motifs is 1. The van der Waals surface area contributed by atoms with Gasteiger partial charge in [-0.1, -0.05) is 6.42 Å². The third-order valence-corrected chi connectivity index (χ3v) is 7.26. The van der Waals surface area contributed by atoms with Gasteiger partial charge in [0.15, 0.2) is 0 Å². The number of rotatable bonds is 6. The number of hydrogen-bond acceptors (Lipinski definition) is 8. The van der Waals surface area contributed by atoms with E-state index in [1.807, 2.05) is 5.38 Å². The smallest absolute Gasteiger partial charge is 0.389 e. The maximum absolute atomic E-state index is 12.9. The third kappa shape index (κ3) is 4.52. The fraction of sp³-hybridized carbons (Fsp3) is 0.350. The average molecular weight is 461 g/mol. The third-order valence-electron chi connectivity index (χ3n) is 5.07. The van der Waals surface area contributed by atoms with Crippen molar-refractivity contribution in [3.63, 3.8) is 0 Å². The summed E-state index contributed by atoms with van der Waals surface area (Å²) in [6.07, 6.45) is 6.45. The summed E-state index contributed by atoms with van der Waals surface area (Å²) in [5, 5.41) is 19.9. The zero-order chi connectivity index (χ0) is 22.0. The van der Waals surface area contributed by atoms with Gasteiger partial charge in [-0.25, -0.2) is 4.79 Å². The van der Waals surface area contributed by atoms with Crippen molar-refractivity contribution in [2.75, 3.05) is 12.4 Å². The Kier molecular flexibility index (Phi) is 6.14. The van der Waals surface area contributed by atoms with Crippen LogP contribution in [0.15, 0.2) is 23.7 Å². The van der Waals surface area contributed by atoms with Crippen LogP contribution < -0.4 is 5.32 Å². The minimum Gasteiger partial charge on any atom is -0.465 e. The summed E-state index contributed by atoms with van der Waals surface area (Å²) in [6, 6.07) is 3.05. The summed E-state index contributed by atoms with van der Waals surface area (Å²) >= 11 is 2.72. The van der Waals surface area contributed by atoms with E-state index in [0.29, 0.717) is 22.0 Å². The zero-order valence-electron chi connectivity index (χ0n) is 16.8. The molecule has 1 N–H and O–H groups in total. The SMILES string of the molecule is COC(=O)c1c(NC(=O)c2cc(Cn3ccc([N+](=O)[O-])n3)cs2)sc2c1CCCCC2. The summed E-state index contributed by atoms with van der Waals surface area (Å²) in [6.45, 7) is 0.318. The second kappa shape index (κ2) is 8.98. The second-order valence-electron chi connectivity index (χ2n) is 7.16. The van der Waals surface area contributed by atoms with Gasteiger partial charge < -0.3 is 20.2 Å². The molecule has 0 aromatic carbocycles. The number of thiophene rings is 2. The lowest BCUT2D eigenvalue weighted by molar-refractivity contribution is -0.389.